The summed E-state index contributed by atoms with van der Waals surface area (Å²) >= 11 is 0. The highest BCUT2D eigenvalue weighted by molar-refractivity contribution is 5.28. The summed E-state index contributed by atoms with van der Waals surface area (Å²) < 4.78 is 11.9. The SMILES string of the molecule is O[C@H]1CCCOC12CCN(Cc1cccc(OCc3ccccn3)c1)CC2. The molecule has 0 unspecified atom stereocenters. The molecule has 144 valence electrons. The molecule has 2 aliphatic heterocycles. The van der Waals surface area contributed by atoms with Crippen molar-refractivity contribution in [1.82, 2.24) is 9.88 Å². The molecular formula is C22H28N2O3. The summed E-state index contributed by atoms with van der Waals surface area (Å²) in [6.07, 6.45) is 5.13. The van der Waals surface area contributed by atoms with Gasteiger partial charge in [0.25, 0.3) is 0 Å². The number of benzene rings is 1. The first-order valence-corrected chi connectivity index (χ1v) is 9.90. The zero-order valence-electron chi connectivity index (χ0n) is 15.7. The van der Waals surface area contributed by atoms with E-state index in [1.165, 1.54) is 5.56 Å². The van der Waals surface area contributed by atoms with Crippen molar-refractivity contribution in [1.29, 1.82) is 0 Å². The normalized spacial score (nSPS) is 22.6. The Kier molecular flexibility index (Phi) is 5.72. The molecule has 0 bridgehead atoms. The summed E-state index contributed by atoms with van der Waals surface area (Å²) in [6.45, 7) is 4.07. The molecule has 1 aromatic carbocycles. The molecule has 2 aromatic rings. The van der Waals surface area contributed by atoms with E-state index in [-0.39, 0.29) is 11.7 Å². The first-order valence-electron chi connectivity index (χ1n) is 9.90. The minimum atomic E-state index is -0.309. The molecular weight excluding hydrogens is 340 g/mol. The van der Waals surface area contributed by atoms with Crippen LogP contribution in [0.4, 0.5) is 0 Å². The fourth-order valence-corrected chi connectivity index (χ4v) is 4.11. The van der Waals surface area contributed by atoms with Crippen molar-refractivity contribution in [2.75, 3.05) is 19.7 Å². The first-order chi connectivity index (χ1) is 13.2. The maximum absolute atomic E-state index is 10.4. The number of hydrogen-bond acceptors (Lipinski definition) is 5. The summed E-state index contributed by atoms with van der Waals surface area (Å²) in [5, 5.41) is 10.4. The zero-order chi connectivity index (χ0) is 18.5. The van der Waals surface area contributed by atoms with Gasteiger partial charge in [0.1, 0.15) is 12.4 Å². The van der Waals surface area contributed by atoms with Crippen LogP contribution in [0.2, 0.25) is 0 Å². The second kappa shape index (κ2) is 8.38. The van der Waals surface area contributed by atoms with Crippen LogP contribution in [0, 0.1) is 0 Å². The Morgan fingerprint density at radius 2 is 2.07 bits per heavy atom. The molecule has 1 aromatic heterocycles. The number of aliphatic hydroxyl groups is 1. The lowest BCUT2D eigenvalue weighted by Gasteiger charge is -2.46. The third-order valence-electron chi connectivity index (χ3n) is 5.74. The number of aromatic nitrogens is 1. The first kappa shape index (κ1) is 18.4. The summed E-state index contributed by atoms with van der Waals surface area (Å²) in [6, 6.07) is 14.1. The van der Waals surface area contributed by atoms with Gasteiger partial charge in [-0.1, -0.05) is 18.2 Å². The fraction of sp³-hybridized carbons (Fsp3) is 0.500. The van der Waals surface area contributed by atoms with Gasteiger partial charge < -0.3 is 14.6 Å². The number of ether oxygens (including phenoxy) is 2. The molecule has 27 heavy (non-hydrogen) atoms. The van der Waals surface area contributed by atoms with Crippen molar-refractivity contribution in [2.45, 2.75) is 50.5 Å². The molecule has 1 N–H and O–H groups in total. The standard InChI is InChI=1S/C22H28N2O3/c25-21-8-4-14-27-22(21)9-12-24(13-10-22)16-18-5-3-7-20(15-18)26-17-19-6-1-2-11-23-19/h1-3,5-7,11,15,21,25H,4,8-10,12-14,16-17H2/t21-/m0/s1. The maximum Gasteiger partial charge on any atom is 0.130 e. The minimum absolute atomic E-state index is 0.303. The monoisotopic (exact) mass is 368 g/mol. The van der Waals surface area contributed by atoms with Crippen molar-refractivity contribution in [3.8, 4) is 5.75 Å². The Labute approximate surface area is 160 Å². The molecule has 1 atom stereocenters. The van der Waals surface area contributed by atoms with Crippen LogP contribution in [0.5, 0.6) is 5.75 Å². The highest BCUT2D eigenvalue weighted by Crippen LogP contribution is 2.35. The topological polar surface area (TPSA) is 54.8 Å². The minimum Gasteiger partial charge on any atom is -0.487 e. The van der Waals surface area contributed by atoms with Crippen LogP contribution < -0.4 is 4.74 Å². The lowest BCUT2D eigenvalue weighted by Crippen LogP contribution is -2.55. The molecule has 2 fully saturated rings. The van der Waals surface area contributed by atoms with E-state index < -0.39 is 0 Å². The second-order valence-corrected chi connectivity index (χ2v) is 7.60. The molecule has 0 aliphatic carbocycles. The van der Waals surface area contributed by atoms with Gasteiger partial charge in [-0.05, 0) is 55.5 Å². The molecule has 5 nitrogen and oxygen atoms in total. The summed E-state index contributed by atoms with van der Waals surface area (Å²) in [4.78, 5) is 6.73. The van der Waals surface area contributed by atoms with Gasteiger partial charge in [0.05, 0.1) is 17.4 Å². The van der Waals surface area contributed by atoms with Crippen LogP contribution in [0.15, 0.2) is 48.7 Å². The van der Waals surface area contributed by atoms with Crippen LogP contribution in [-0.2, 0) is 17.9 Å². The Morgan fingerprint density at radius 3 is 2.85 bits per heavy atom. The average molecular weight is 368 g/mol. The van der Waals surface area contributed by atoms with Crippen LogP contribution in [0.3, 0.4) is 0 Å². The quantitative estimate of drug-likeness (QED) is 0.879. The molecule has 1 spiro atoms. The molecule has 2 saturated heterocycles. The van der Waals surface area contributed by atoms with Crippen molar-refractivity contribution < 1.29 is 14.6 Å². The smallest absolute Gasteiger partial charge is 0.130 e. The molecule has 3 heterocycles. The van der Waals surface area contributed by atoms with E-state index in [0.29, 0.717) is 6.61 Å². The number of piperidine rings is 1. The van der Waals surface area contributed by atoms with Gasteiger partial charge in [0.15, 0.2) is 0 Å². The Balaban J connectivity index is 1.31. The van der Waals surface area contributed by atoms with Crippen LogP contribution in [0.25, 0.3) is 0 Å². The lowest BCUT2D eigenvalue weighted by atomic mass is 9.82. The number of hydrogen-bond donors (Lipinski definition) is 1. The van der Waals surface area contributed by atoms with Gasteiger partial charge in [-0.3, -0.25) is 9.88 Å². The highest BCUT2D eigenvalue weighted by Gasteiger charge is 2.43. The van der Waals surface area contributed by atoms with Crippen molar-refractivity contribution in [3.63, 3.8) is 0 Å². The number of likely N-dealkylation sites (tertiary alicyclic amines) is 1. The van der Waals surface area contributed by atoms with E-state index in [1.54, 1.807) is 6.20 Å². The molecule has 4 rings (SSSR count). The molecule has 5 heteroatoms. The predicted molar refractivity (Wildman–Crippen MR) is 103 cm³/mol. The zero-order valence-corrected chi connectivity index (χ0v) is 15.7. The third-order valence-corrected chi connectivity index (χ3v) is 5.74. The van der Waals surface area contributed by atoms with E-state index in [1.807, 2.05) is 30.3 Å². The van der Waals surface area contributed by atoms with Crippen LogP contribution in [0.1, 0.15) is 36.9 Å². The predicted octanol–water partition coefficient (Wildman–Crippen LogP) is 3.17. The van der Waals surface area contributed by atoms with E-state index in [4.69, 9.17) is 9.47 Å². The maximum atomic E-state index is 10.4. The summed E-state index contributed by atoms with van der Waals surface area (Å²) in [5.41, 5.74) is 1.87. The molecule has 0 amide bonds. The van der Waals surface area contributed by atoms with Gasteiger partial charge >= 0.3 is 0 Å². The summed E-state index contributed by atoms with van der Waals surface area (Å²) in [7, 11) is 0. The largest absolute Gasteiger partial charge is 0.487 e. The van der Waals surface area contributed by atoms with E-state index in [0.717, 1.165) is 63.4 Å². The van der Waals surface area contributed by atoms with Gasteiger partial charge in [-0.15, -0.1) is 0 Å². The van der Waals surface area contributed by atoms with Crippen molar-refractivity contribution in [2.24, 2.45) is 0 Å². The number of rotatable bonds is 5. The van der Waals surface area contributed by atoms with E-state index in [2.05, 4.69) is 22.0 Å². The number of pyridine rings is 1. The number of aliphatic hydroxyl groups excluding tert-OH is 1. The van der Waals surface area contributed by atoms with Gasteiger partial charge in [0.2, 0.25) is 0 Å². The molecule has 0 radical (unpaired) electrons. The number of nitrogens with zero attached hydrogens (tertiary/aromatic N) is 2. The third kappa shape index (κ3) is 4.49. The van der Waals surface area contributed by atoms with E-state index in [9.17, 15) is 5.11 Å². The van der Waals surface area contributed by atoms with Crippen LogP contribution >= 0.6 is 0 Å². The molecule has 2 aliphatic rings. The Hall–Kier alpha value is -1.95. The lowest BCUT2D eigenvalue weighted by molar-refractivity contribution is -0.177. The summed E-state index contributed by atoms with van der Waals surface area (Å²) in [5.74, 6) is 0.873. The Morgan fingerprint density at radius 1 is 1.19 bits per heavy atom. The van der Waals surface area contributed by atoms with Crippen molar-refractivity contribution >= 4 is 0 Å². The van der Waals surface area contributed by atoms with Gasteiger partial charge in [-0.2, -0.15) is 0 Å². The average Bonchev–Trinajstić information content (AvgIpc) is 2.72. The van der Waals surface area contributed by atoms with Gasteiger partial charge in [-0.25, -0.2) is 0 Å². The molecule has 0 saturated carbocycles. The second-order valence-electron chi connectivity index (χ2n) is 7.60. The van der Waals surface area contributed by atoms with Crippen LogP contribution in [-0.4, -0.2) is 46.4 Å². The van der Waals surface area contributed by atoms with E-state index >= 15 is 0 Å². The highest BCUT2D eigenvalue weighted by atomic mass is 16.5. The fourth-order valence-electron chi connectivity index (χ4n) is 4.11. The Bertz CT molecular complexity index is 729. The van der Waals surface area contributed by atoms with Crippen molar-refractivity contribution in [3.05, 3.63) is 59.9 Å². The van der Waals surface area contributed by atoms with Gasteiger partial charge in [0, 0.05) is 32.4 Å².